The monoisotopic (exact) mass is 390 g/mol. The summed E-state index contributed by atoms with van der Waals surface area (Å²) in [5.41, 5.74) is 4.79. The Morgan fingerprint density at radius 2 is 1.83 bits per heavy atom. The second kappa shape index (κ2) is 8.49. The minimum Gasteiger partial charge on any atom is -0.493 e. The molecule has 0 aliphatic carbocycles. The van der Waals surface area contributed by atoms with E-state index in [1.54, 1.807) is 25.3 Å². The van der Waals surface area contributed by atoms with Crippen molar-refractivity contribution in [1.82, 2.24) is 5.43 Å². The van der Waals surface area contributed by atoms with Crippen molar-refractivity contribution in [2.75, 3.05) is 14.2 Å². The molecule has 0 aliphatic rings. The van der Waals surface area contributed by atoms with Gasteiger partial charge in [-0.15, -0.1) is 0 Å². The number of carbonyl (C=O) groups is 1. The van der Waals surface area contributed by atoms with E-state index in [-0.39, 0.29) is 5.91 Å². The minimum absolute atomic E-state index is 0.308. The van der Waals surface area contributed by atoms with Crippen LogP contribution in [-0.2, 0) is 0 Å². The molecule has 0 fully saturated rings. The molecule has 0 spiro atoms. The van der Waals surface area contributed by atoms with E-state index in [0.717, 1.165) is 15.7 Å². The van der Waals surface area contributed by atoms with Gasteiger partial charge in [-0.3, -0.25) is 4.79 Å². The van der Waals surface area contributed by atoms with Gasteiger partial charge in [0.2, 0.25) is 0 Å². The van der Waals surface area contributed by atoms with Crippen LogP contribution in [0.3, 0.4) is 0 Å². The van der Waals surface area contributed by atoms with Gasteiger partial charge in [-0.1, -0.05) is 35.0 Å². The molecule has 5 nitrogen and oxygen atoms in total. The number of nitrogens with one attached hydrogen (secondary N) is 1. The van der Waals surface area contributed by atoms with Crippen molar-refractivity contribution >= 4 is 27.5 Å². The Morgan fingerprint density at radius 1 is 1.08 bits per heavy atom. The Morgan fingerprint density at radius 3 is 2.46 bits per heavy atom. The first kappa shape index (κ1) is 18.0. The van der Waals surface area contributed by atoms with Crippen LogP contribution in [0.15, 0.2) is 52.0 Å². The van der Waals surface area contributed by atoms with E-state index < -0.39 is 0 Å². The van der Waals surface area contributed by atoms with E-state index in [0.29, 0.717) is 23.5 Å². The highest BCUT2D eigenvalue weighted by Crippen LogP contribution is 2.27. The summed E-state index contributed by atoms with van der Waals surface area (Å²) in [5, 5.41) is 4.25. The topological polar surface area (TPSA) is 59.9 Å². The van der Waals surface area contributed by atoms with Crippen molar-refractivity contribution < 1.29 is 14.3 Å². The molecule has 0 atom stereocenters. The van der Waals surface area contributed by atoms with Crippen LogP contribution in [0.2, 0.25) is 0 Å². The number of benzene rings is 2. The van der Waals surface area contributed by atoms with Crippen molar-refractivity contribution in [2.24, 2.45) is 5.10 Å². The molecule has 2 aromatic carbocycles. The Labute approximate surface area is 149 Å². The van der Waals surface area contributed by atoms with Gasteiger partial charge in [0.25, 0.3) is 5.91 Å². The molecule has 24 heavy (non-hydrogen) atoms. The van der Waals surface area contributed by atoms with Crippen LogP contribution in [0, 0.1) is 0 Å². The maximum Gasteiger partial charge on any atom is 0.271 e. The first-order valence-electron chi connectivity index (χ1n) is 7.44. The number of halogens is 1. The molecule has 0 unspecified atom stereocenters. The predicted octanol–water partition coefficient (Wildman–Crippen LogP) is 4.01. The van der Waals surface area contributed by atoms with Crippen LogP contribution in [0.25, 0.3) is 0 Å². The lowest BCUT2D eigenvalue weighted by Gasteiger charge is -2.09. The number of methoxy groups -OCH3 is 2. The summed E-state index contributed by atoms with van der Waals surface area (Å²) in [5.74, 6) is 0.759. The number of hydrazone groups is 1. The molecule has 0 bridgehead atoms. The average molecular weight is 391 g/mol. The Hall–Kier alpha value is -2.34. The molecule has 126 valence electrons. The Balaban J connectivity index is 2.19. The maximum absolute atomic E-state index is 12.3. The Kier molecular flexibility index (Phi) is 6.37. The van der Waals surface area contributed by atoms with Crippen LogP contribution in [0.4, 0.5) is 0 Å². The molecule has 2 rings (SSSR count). The highest BCUT2D eigenvalue weighted by molar-refractivity contribution is 9.10. The number of ether oxygens (including phenoxy) is 2. The van der Waals surface area contributed by atoms with E-state index in [1.165, 1.54) is 7.11 Å². The van der Waals surface area contributed by atoms with Gasteiger partial charge < -0.3 is 9.47 Å². The van der Waals surface area contributed by atoms with Crippen molar-refractivity contribution in [3.8, 4) is 11.5 Å². The highest BCUT2D eigenvalue weighted by Gasteiger charge is 2.11. The molecule has 2 aromatic rings. The zero-order valence-corrected chi connectivity index (χ0v) is 15.4. The zero-order chi connectivity index (χ0) is 17.5. The fraction of sp³-hybridized carbons (Fsp3) is 0.222. The predicted molar refractivity (Wildman–Crippen MR) is 98.0 cm³/mol. The van der Waals surface area contributed by atoms with Crippen molar-refractivity contribution in [3.05, 3.63) is 58.1 Å². The third-order valence-corrected chi connectivity index (χ3v) is 3.92. The van der Waals surface area contributed by atoms with Crippen LogP contribution in [0.1, 0.15) is 29.3 Å². The van der Waals surface area contributed by atoms with Gasteiger partial charge >= 0.3 is 0 Å². The zero-order valence-electron chi connectivity index (χ0n) is 13.8. The van der Waals surface area contributed by atoms with E-state index in [9.17, 15) is 4.79 Å². The number of rotatable bonds is 6. The van der Waals surface area contributed by atoms with Crippen molar-refractivity contribution in [1.29, 1.82) is 0 Å². The number of carbonyl (C=O) groups excluding carboxylic acids is 1. The molecular weight excluding hydrogens is 372 g/mol. The summed E-state index contributed by atoms with van der Waals surface area (Å²) in [6, 6.07) is 12.8. The van der Waals surface area contributed by atoms with Crippen LogP contribution >= 0.6 is 15.9 Å². The second-order valence-corrected chi connectivity index (χ2v) is 5.85. The molecule has 1 amide bonds. The first-order chi connectivity index (χ1) is 11.6. The lowest BCUT2D eigenvalue weighted by atomic mass is 10.1. The molecule has 0 aliphatic heterocycles. The molecular formula is C18H19BrN2O3. The smallest absolute Gasteiger partial charge is 0.271 e. The minimum atomic E-state index is -0.308. The second-order valence-electron chi connectivity index (χ2n) is 4.93. The number of nitrogens with zero attached hydrogens (tertiary/aromatic N) is 1. The number of amides is 1. The molecule has 6 heteroatoms. The first-order valence-corrected chi connectivity index (χ1v) is 8.23. The summed E-state index contributed by atoms with van der Waals surface area (Å²) >= 11 is 3.44. The van der Waals surface area contributed by atoms with Gasteiger partial charge in [-0.25, -0.2) is 5.43 Å². The van der Waals surface area contributed by atoms with Gasteiger partial charge in [0.1, 0.15) is 0 Å². The maximum atomic E-state index is 12.3. The van der Waals surface area contributed by atoms with Gasteiger partial charge in [-0.05, 0) is 42.3 Å². The highest BCUT2D eigenvalue weighted by atomic mass is 79.9. The molecule has 0 aromatic heterocycles. The van der Waals surface area contributed by atoms with Crippen molar-refractivity contribution in [2.45, 2.75) is 13.3 Å². The van der Waals surface area contributed by atoms with Gasteiger partial charge in [0.15, 0.2) is 11.5 Å². The number of hydrogen-bond donors (Lipinski definition) is 1. The third kappa shape index (κ3) is 4.35. The summed E-state index contributed by atoms with van der Waals surface area (Å²) in [6.07, 6.45) is 0.697. The van der Waals surface area contributed by atoms with Crippen molar-refractivity contribution in [3.63, 3.8) is 0 Å². The molecule has 0 heterocycles. The quantitative estimate of drug-likeness (QED) is 0.598. The molecule has 0 saturated heterocycles. The summed E-state index contributed by atoms with van der Waals surface area (Å²) in [7, 11) is 3.08. The largest absolute Gasteiger partial charge is 0.493 e. The van der Waals surface area contributed by atoms with Crippen LogP contribution in [0.5, 0.6) is 11.5 Å². The lowest BCUT2D eigenvalue weighted by molar-refractivity contribution is 0.0954. The Bertz CT molecular complexity index is 760. The van der Waals surface area contributed by atoms with E-state index >= 15 is 0 Å². The average Bonchev–Trinajstić information content (AvgIpc) is 2.61. The molecule has 0 saturated carbocycles. The molecule has 1 N–H and O–H groups in total. The SMILES string of the molecule is CC/C(=N/NC(=O)c1ccc(OC)c(OC)c1)c1cccc(Br)c1. The summed E-state index contributed by atoms with van der Waals surface area (Å²) < 4.78 is 11.3. The summed E-state index contributed by atoms with van der Waals surface area (Å²) in [6.45, 7) is 1.99. The molecule has 0 radical (unpaired) electrons. The van der Waals surface area contributed by atoms with E-state index in [1.807, 2.05) is 31.2 Å². The van der Waals surface area contributed by atoms with Gasteiger partial charge in [-0.2, -0.15) is 5.10 Å². The van der Waals surface area contributed by atoms with Crippen LogP contribution in [-0.4, -0.2) is 25.8 Å². The van der Waals surface area contributed by atoms with Gasteiger partial charge in [0.05, 0.1) is 19.9 Å². The number of hydrogen-bond acceptors (Lipinski definition) is 4. The lowest BCUT2D eigenvalue weighted by Crippen LogP contribution is -2.20. The van der Waals surface area contributed by atoms with Crippen LogP contribution < -0.4 is 14.9 Å². The summed E-state index contributed by atoms with van der Waals surface area (Å²) in [4.78, 5) is 12.3. The van der Waals surface area contributed by atoms with Gasteiger partial charge in [0, 0.05) is 10.0 Å². The fourth-order valence-corrected chi connectivity index (χ4v) is 2.58. The van der Waals surface area contributed by atoms with E-state index in [2.05, 4.69) is 26.5 Å². The van der Waals surface area contributed by atoms with E-state index in [4.69, 9.17) is 9.47 Å². The normalized spacial score (nSPS) is 11.1. The fourth-order valence-electron chi connectivity index (χ4n) is 2.18. The third-order valence-electron chi connectivity index (χ3n) is 3.43. The standard InChI is InChI=1S/C18H19BrN2O3/c1-4-15(12-6-5-7-14(19)10-12)20-21-18(22)13-8-9-16(23-2)17(11-13)24-3/h5-11H,4H2,1-3H3,(H,21,22)/b20-15-.